The van der Waals surface area contributed by atoms with Crippen molar-refractivity contribution < 1.29 is 19.2 Å². The van der Waals surface area contributed by atoms with Gasteiger partial charge in [0.2, 0.25) is 0 Å². The highest BCUT2D eigenvalue weighted by Crippen LogP contribution is 2.35. The average Bonchev–Trinajstić information content (AvgIpc) is 2.25. The number of carbonyl (C=O) groups is 1. The van der Waals surface area contributed by atoms with Crippen LogP contribution in [0.1, 0.15) is 20.8 Å². The molecule has 0 aliphatic rings. The fourth-order valence-corrected chi connectivity index (χ4v) is 1.60. The Bertz CT molecular complexity index is 539. The molecule has 0 aliphatic heterocycles. The van der Waals surface area contributed by atoms with E-state index in [2.05, 4.69) is 5.32 Å². The lowest BCUT2D eigenvalue weighted by Crippen LogP contribution is -2.27. The van der Waals surface area contributed by atoms with E-state index in [9.17, 15) is 14.9 Å². The van der Waals surface area contributed by atoms with Crippen molar-refractivity contribution in [2.75, 3.05) is 12.4 Å². The average molecular weight is 303 g/mol. The Morgan fingerprint density at radius 1 is 1.40 bits per heavy atom. The van der Waals surface area contributed by atoms with Gasteiger partial charge in [0.25, 0.3) is 5.69 Å². The number of benzene rings is 1. The molecule has 0 bridgehead atoms. The van der Waals surface area contributed by atoms with Crippen molar-refractivity contribution in [2.45, 2.75) is 26.4 Å². The van der Waals surface area contributed by atoms with E-state index < -0.39 is 16.6 Å². The van der Waals surface area contributed by atoms with Crippen LogP contribution in [0.4, 0.5) is 16.2 Å². The zero-order valence-electron chi connectivity index (χ0n) is 11.5. The molecule has 0 unspecified atom stereocenters. The SMILES string of the molecule is COc1cc([N+](=O)[O-])c(Cl)cc1NC(=O)OC(C)(C)C. The molecule has 0 saturated heterocycles. The molecule has 1 amide bonds. The van der Waals surface area contributed by atoms with Crippen LogP contribution in [0.5, 0.6) is 5.75 Å². The van der Waals surface area contributed by atoms with E-state index in [1.54, 1.807) is 20.8 Å². The van der Waals surface area contributed by atoms with Crippen LogP contribution in [-0.4, -0.2) is 23.7 Å². The van der Waals surface area contributed by atoms with Crippen LogP contribution in [0.2, 0.25) is 5.02 Å². The Morgan fingerprint density at radius 2 is 2.00 bits per heavy atom. The molecule has 0 aliphatic carbocycles. The van der Waals surface area contributed by atoms with Crippen LogP contribution in [0.15, 0.2) is 12.1 Å². The Hall–Kier alpha value is -2.02. The summed E-state index contributed by atoms with van der Waals surface area (Å²) in [5.74, 6) is 0.118. The summed E-state index contributed by atoms with van der Waals surface area (Å²) in [6.07, 6.45) is -0.708. The van der Waals surface area contributed by atoms with Gasteiger partial charge in [0.15, 0.2) is 0 Å². The minimum Gasteiger partial charge on any atom is -0.494 e. The number of amides is 1. The number of nitrogens with one attached hydrogen (secondary N) is 1. The first-order valence-corrected chi connectivity index (χ1v) is 6.04. The Kier molecular flexibility index (Phi) is 4.78. The molecular weight excluding hydrogens is 288 g/mol. The maximum Gasteiger partial charge on any atom is 0.412 e. The van der Waals surface area contributed by atoms with E-state index in [-0.39, 0.29) is 22.1 Å². The maximum absolute atomic E-state index is 11.7. The molecule has 0 radical (unpaired) electrons. The number of carbonyl (C=O) groups excluding carboxylic acids is 1. The number of nitro groups is 1. The Labute approximate surface area is 121 Å². The number of nitrogens with zero attached hydrogens (tertiary/aromatic N) is 1. The standard InChI is InChI=1S/C12H15ClN2O5/c1-12(2,3)20-11(16)14-8-5-7(13)9(15(17)18)6-10(8)19-4/h5-6H,1-4H3,(H,14,16). The number of halogens is 1. The van der Waals surface area contributed by atoms with Crippen LogP contribution >= 0.6 is 11.6 Å². The molecule has 1 aromatic rings. The van der Waals surface area contributed by atoms with E-state index in [0.717, 1.165) is 6.07 Å². The van der Waals surface area contributed by atoms with Gasteiger partial charge in [0, 0.05) is 0 Å². The summed E-state index contributed by atoms with van der Waals surface area (Å²) in [6.45, 7) is 5.14. The highest BCUT2D eigenvalue weighted by atomic mass is 35.5. The highest BCUT2D eigenvalue weighted by molar-refractivity contribution is 6.33. The molecule has 110 valence electrons. The van der Waals surface area contributed by atoms with Gasteiger partial charge < -0.3 is 9.47 Å². The van der Waals surface area contributed by atoms with Crippen molar-refractivity contribution in [1.29, 1.82) is 0 Å². The first kappa shape index (κ1) is 16.0. The van der Waals surface area contributed by atoms with E-state index in [0.29, 0.717) is 0 Å². The van der Waals surface area contributed by atoms with E-state index >= 15 is 0 Å². The van der Waals surface area contributed by atoms with Gasteiger partial charge in [-0.3, -0.25) is 15.4 Å². The maximum atomic E-state index is 11.7. The van der Waals surface area contributed by atoms with Gasteiger partial charge in [0.05, 0.1) is 23.8 Å². The smallest absolute Gasteiger partial charge is 0.412 e. The molecule has 0 heterocycles. The molecule has 1 N–H and O–H groups in total. The zero-order valence-corrected chi connectivity index (χ0v) is 12.3. The van der Waals surface area contributed by atoms with Gasteiger partial charge in [-0.2, -0.15) is 0 Å². The quantitative estimate of drug-likeness (QED) is 0.680. The summed E-state index contributed by atoms with van der Waals surface area (Å²) < 4.78 is 10.1. The number of nitro benzene ring substituents is 1. The summed E-state index contributed by atoms with van der Waals surface area (Å²) in [5.41, 5.74) is -0.780. The van der Waals surface area contributed by atoms with E-state index in [1.807, 2.05) is 0 Å². The van der Waals surface area contributed by atoms with Gasteiger partial charge in [-0.25, -0.2) is 4.79 Å². The molecule has 0 spiro atoms. The molecule has 8 heteroatoms. The Balaban J connectivity index is 3.04. The van der Waals surface area contributed by atoms with Crippen LogP contribution < -0.4 is 10.1 Å². The predicted molar refractivity (Wildman–Crippen MR) is 74.5 cm³/mol. The zero-order chi connectivity index (χ0) is 15.5. The summed E-state index contributed by atoms with van der Waals surface area (Å²) in [6, 6.07) is 2.37. The number of rotatable bonds is 3. The monoisotopic (exact) mass is 302 g/mol. The first-order valence-electron chi connectivity index (χ1n) is 5.66. The predicted octanol–water partition coefficient (Wildman–Crippen LogP) is 3.60. The molecule has 1 rings (SSSR count). The van der Waals surface area contributed by atoms with Crippen LogP contribution in [0.3, 0.4) is 0 Å². The lowest BCUT2D eigenvalue weighted by Gasteiger charge is -2.20. The number of hydrogen-bond donors (Lipinski definition) is 1. The second kappa shape index (κ2) is 5.96. The molecule has 7 nitrogen and oxygen atoms in total. The molecule has 20 heavy (non-hydrogen) atoms. The second-order valence-corrected chi connectivity index (χ2v) is 5.30. The third kappa shape index (κ3) is 4.27. The third-order valence-electron chi connectivity index (χ3n) is 2.10. The van der Waals surface area contributed by atoms with Crippen molar-refractivity contribution >= 4 is 29.1 Å². The molecule has 0 fully saturated rings. The largest absolute Gasteiger partial charge is 0.494 e. The van der Waals surface area contributed by atoms with E-state index in [1.165, 1.54) is 13.2 Å². The minimum absolute atomic E-state index is 0.109. The normalized spacial score (nSPS) is 10.8. The lowest BCUT2D eigenvalue weighted by molar-refractivity contribution is -0.384. The molecular formula is C12H15ClN2O5. The van der Waals surface area contributed by atoms with Crippen molar-refractivity contribution in [3.05, 3.63) is 27.3 Å². The van der Waals surface area contributed by atoms with Crippen LogP contribution in [0, 0.1) is 10.1 Å². The van der Waals surface area contributed by atoms with Gasteiger partial charge in [-0.15, -0.1) is 0 Å². The van der Waals surface area contributed by atoms with Crippen molar-refractivity contribution in [2.24, 2.45) is 0 Å². The van der Waals surface area contributed by atoms with E-state index in [4.69, 9.17) is 21.1 Å². The second-order valence-electron chi connectivity index (χ2n) is 4.89. The molecule has 0 aromatic heterocycles. The summed E-state index contributed by atoms with van der Waals surface area (Å²) in [5, 5.41) is 13.1. The van der Waals surface area contributed by atoms with Crippen molar-refractivity contribution in [3.8, 4) is 5.75 Å². The van der Waals surface area contributed by atoms with Crippen LogP contribution in [-0.2, 0) is 4.74 Å². The fourth-order valence-electron chi connectivity index (χ4n) is 1.36. The van der Waals surface area contributed by atoms with Gasteiger partial charge in [-0.1, -0.05) is 11.6 Å². The summed E-state index contributed by atoms with van der Waals surface area (Å²) in [7, 11) is 1.33. The Morgan fingerprint density at radius 3 is 2.45 bits per heavy atom. The van der Waals surface area contributed by atoms with Crippen molar-refractivity contribution in [1.82, 2.24) is 0 Å². The summed E-state index contributed by atoms with van der Waals surface area (Å²) >= 11 is 5.78. The van der Waals surface area contributed by atoms with Gasteiger partial charge in [-0.05, 0) is 26.8 Å². The molecule has 0 saturated carbocycles. The number of ether oxygens (including phenoxy) is 2. The van der Waals surface area contributed by atoms with Crippen LogP contribution in [0.25, 0.3) is 0 Å². The first-order chi connectivity index (χ1) is 9.14. The fraction of sp³-hybridized carbons (Fsp3) is 0.417. The number of methoxy groups -OCH3 is 1. The lowest BCUT2D eigenvalue weighted by atomic mass is 10.2. The number of anilines is 1. The van der Waals surface area contributed by atoms with Gasteiger partial charge >= 0.3 is 6.09 Å². The van der Waals surface area contributed by atoms with Gasteiger partial charge in [0.1, 0.15) is 16.4 Å². The van der Waals surface area contributed by atoms with Crippen molar-refractivity contribution in [3.63, 3.8) is 0 Å². The summed E-state index contributed by atoms with van der Waals surface area (Å²) in [4.78, 5) is 21.8. The highest BCUT2D eigenvalue weighted by Gasteiger charge is 2.21. The minimum atomic E-state index is -0.708. The molecule has 1 aromatic carbocycles. The molecule has 0 atom stereocenters. The number of hydrogen-bond acceptors (Lipinski definition) is 5. The third-order valence-corrected chi connectivity index (χ3v) is 2.40. The topological polar surface area (TPSA) is 90.7 Å².